The van der Waals surface area contributed by atoms with Crippen molar-refractivity contribution in [1.82, 2.24) is 0 Å². The van der Waals surface area contributed by atoms with Crippen LogP contribution < -0.4 is 0 Å². The molecular weight excluding hydrogens is 213 g/mol. The Bertz CT molecular complexity index is 478. The monoisotopic (exact) mass is 218 g/mol. The summed E-state index contributed by atoms with van der Waals surface area (Å²) in [6.07, 6.45) is -2.73. The molecule has 0 unspecified atom stereocenters. The van der Waals surface area contributed by atoms with Crippen molar-refractivity contribution in [3.63, 3.8) is 0 Å². The number of hydrogen-bond donors (Lipinski definition) is 1. The Morgan fingerprint density at radius 2 is 1.93 bits per heavy atom. The summed E-state index contributed by atoms with van der Waals surface area (Å²) in [4.78, 5) is 0. The van der Waals surface area contributed by atoms with Gasteiger partial charge in [-0.2, -0.15) is 0 Å². The Labute approximate surface area is 81.4 Å². The average Bonchev–Trinajstić information content (AvgIpc) is 2.42. The number of halogens is 3. The molecule has 1 aromatic carbocycles. The molecule has 5 heteroatoms. The smallest absolute Gasteiger partial charge is 0.264 e. The summed E-state index contributed by atoms with van der Waals surface area (Å²) in [7, 11) is 0. The predicted octanol–water partition coefficient (Wildman–Crippen LogP) is 3.68. The lowest BCUT2D eigenvalue weighted by atomic mass is 10.1. The standard InChI is InChI=1S/C9H5F3OS/c10-4-1-6(9(11)12)5-3-8(13)14-7(5)2-4/h1-3,9,13H. The minimum atomic E-state index is -2.73. The van der Waals surface area contributed by atoms with Crippen molar-refractivity contribution in [3.05, 3.63) is 29.6 Å². The zero-order valence-corrected chi connectivity index (χ0v) is 7.62. The van der Waals surface area contributed by atoms with E-state index in [2.05, 4.69) is 0 Å². The fraction of sp³-hybridized carbons (Fsp3) is 0.111. The van der Waals surface area contributed by atoms with E-state index < -0.39 is 12.2 Å². The number of benzene rings is 1. The van der Waals surface area contributed by atoms with E-state index in [1.165, 1.54) is 6.07 Å². The van der Waals surface area contributed by atoms with Gasteiger partial charge in [0.2, 0.25) is 0 Å². The second-order valence-electron chi connectivity index (χ2n) is 2.79. The lowest BCUT2D eigenvalue weighted by molar-refractivity contribution is 0.152. The largest absolute Gasteiger partial charge is 0.499 e. The first-order valence-electron chi connectivity index (χ1n) is 3.78. The highest BCUT2D eigenvalue weighted by Crippen LogP contribution is 2.36. The van der Waals surface area contributed by atoms with Crippen molar-refractivity contribution in [3.8, 4) is 5.06 Å². The maximum absolute atomic E-state index is 12.9. The molecule has 1 nitrogen and oxygen atoms in total. The first-order valence-corrected chi connectivity index (χ1v) is 4.59. The van der Waals surface area contributed by atoms with E-state index in [4.69, 9.17) is 5.11 Å². The van der Waals surface area contributed by atoms with Crippen molar-refractivity contribution in [2.45, 2.75) is 6.43 Å². The molecule has 2 rings (SSSR count). The minimum absolute atomic E-state index is 0.0903. The first-order chi connectivity index (χ1) is 6.58. The van der Waals surface area contributed by atoms with Crippen LogP contribution in [0, 0.1) is 5.82 Å². The molecule has 2 aromatic rings. The Kier molecular flexibility index (Phi) is 2.11. The van der Waals surface area contributed by atoms with Gasteiger partial charge in [-0.1, -0.05) is 11.3 Å². The van der Waals surface area contributed by atoms with Gasteiger partial charge in [-0.15, -0.1) is 0 Å². The molecule has 1 aromatic heterocycles. The molecule has 1 N–H and O–H groups in total. The summed E-state index contributed by atoms with van der Waals surface area (Å²) in [5.74, 6) is -0.713. The van der Waals surface area contributed by atoms with Crippen LogP contribution in [0.1, 0.15) is 12.0 Å². The van der Waals surface area contributed by atoms with Crippen LogP contribution in [0.5, 0.6) is 5.06 Å². The third-order valence-corrected chi connectivity index (χ3v) is 2.74. The van der Waals surface area contributed by atoms with Gasteiger partial charge in [-0.25, -0.2) is 13.2 Å². The molecule has 14 heavy (non-hydrogen) atoms. The zero-order chi connectivity index (χ0) is 10.3. The summed E-state index contributed by atoms with van der Waals surface area (Å²) in [6.45, 7) is 0. The van der Waals surface area contributed by atoms with E-state index in [9.17, 15) is 13.2 Å². The second-order valence-corrected chi connectivity index (χ2v) is 3.85. The molecule has 0 aliphatic carbocycles. The molecule has 0 radical (unpaired) electrons. The molecule has 0 fully saturated rings. The lowest BCUT2D eigenvalue weighted by Gasteiger charge is -2.01. The fourth-order valence-electron chi connectivity index (χ4n) is 1.30. The highest BCUT2D eigenvalue weighted by molar-refractivity contribution is 7.20. The van der Waals surface area contributed by atoms with Gasteiger partial charge in [0.25, 0.3) is 6.43 Å². The molecule has 74 valence electrons. The lowest BCUT2D eigenvalue weighted by Crippen LogP contribution is -1.86. The van der Waals surface area contributed by atoms with Crippen molar-refractivity contribution >= 4 is 21.4 Å². The van der Waals surface area contributed by atoms with E-state index in [0.29, 0.717) is 4.70 Å². The second kappa shape index (κ2) is 3.16. The van der Waals surface area contributed by atoms with E-state index in [0.717, 1.165) is 23.5 Å². The Balaban J connectivity index is 2.79. The van der Waals surface area contributed by atoms with Crippen LogP contribution in [0.25, 0.3) is 10.1 Å². The third kappa shape index (κ3) is 1.43. The van der Waals surface area contributed by atoms with Gasteiger partial charge in [0, 0.05) is 15.6 Å². The van der Waals surface area contributed by atoms with E-state index >= 15 is 0 Å². The van der Waals surface area contributed by atoms with Crippen molar-refractivity contribution in [1.29, 1.82) is 0 Å². The molecule has 1 heterocycles. The van der Waals surface area contributed by atoms with Gasteiger partial charge in [0.15, 0.2) is 5.06 Å². The van der Waals surface area contributed by atoms with Gasteiger partial charge in [0.1, 0.15) is 5.82 Å². The van der Waals surface area contributed by atoms with E-state index in [1.807, 2.05) is 0 Å². The number of alkyl halides is 2. The number of fused-ring (bicyclic) bond motifs is 1. The zero-order valence-electron chi connectivity index (χ0n) is 6.80. The van der Waals surface area contributed by atoms with E-state index in [1.54, 1.807) is 0 Å². The first kappa shape index (κ1) is 9.33. The van der Waals surface area contributed by atoms with Crippen LogP contribution in [0.4, 0.5) is 13.2 Å². The molecule has 0 aliphatic rings. The minimum Gasteiger partial charge on any atom is -0.499 e. The van der Waals surface area contributed by atoms with Gasteiger partial charge >= 0.3 is 0 Å². The molecule has 0 spiro atoms. The summed E-state index contributed by atoms with van der Waals surface area (Å²) in [6, 6.07) is 3.14. The number of aromatic hydroxyl groups is 1. The molecule has 0 saturated carbocycles. The predicted molar refractivity (Wildman–Crippen MR) is 48.4 cm³/mol. The maximum atomic E-state index is 12.9. The summed E-state index contributed by atoms with van der Waals surface area (Å²) >= 11 is 0.880. The van der Waals surface area contributed by atoms with Crippen LogP contribution in [-0.2, 0) is 0 Å². The highest BCUT2D eigenvalue weighted by atomic mass is 32.1. The SMILES string of the molecule is Oc1cc2c(C(F)F)cc(F)cc2s1. The van der Waals surface area contributed by atoms with Gasteiger partial charge in [-0.05, 0) is 18.2 Å². The molecular formula is C9H5F3OS. The summed E-state index contributed by atoms with van der Waals surface area (Å²) < 4.78 is 38.1. The van der Waals surface area contributed by atoms with Crippen LogP contribution >= 0.6 is 11.3 Å². The van der Waals surface area contributed by atoms with Crippen LogP contribution in [-0.4, -0.2) is 5.11 Å². The molecule has 0 amide bonds. The highest BCUT2D eigenvalue weighted by Gasteiger charge is 2.15. The Hall–Kier alpha value is -1.23. The Morgan fingerprint density at radius 1 is 1.21 bits per heavy atom. The van der Waals surface area contributed by atoms with Crippen LogP contribution in [0.2, 0.25) is 0 Å². The number of thiophene rings is 1. The summed E-state index contributed by atoms with van der Waals surface area (Å²) in [5.41, 5.74) is -0.378. The number of rotatable bonds is 1. The number of hydrogen-bond acceptors (Lipinski definition) is 2. The van der Waals surface area contributed by atoms with Crippen LogP contribution in [0.15, 0.2) is 18.2 Å². The topological polar surface area (TPSA) is 20.2 Å². The van der Waals surface area contributed by atoms with Crippen molar-refractivity contribution in [2.75, 3.05) is 0 Å². The van der Waals surface area contributed by atoms with Gasteiger partial charge in [-0.3, -0.25) is 0 Å². The quantitative estimate of drug-likeness (QED) is 0.774. The molecule has 0 aliphatic heterocycles. The maximum Gasteiger partial charge on any atom is 0.264 e. The van der Waals surface area contributed by atoms with E-state index in [-0.39, 0.29) is 16.0 Å². The molecule has 0 bridgehead atoms. The van der Waals surface area contributed by atoms with Crippen LogP contribution in [0.3, 0.4) is 0 Å². The molecule has 0 atom stereocenters. The average molecular weight is 218 g/mol. The van der Waals surface area contributed by atoms with Gasteiger partial charge < -0.3 is 5.11 Å². The summed E-state index contributed by atoms with van der Waals surface area (Å²) in [5, 5.41) is 9.23. The Morgan fingerprint density at radius 3 is 2.57 bits per heavy atom. The molecule has 0 saturated heterocycles. The van der Waals surface area contributed by atoms with Crippen molar-refractivity contribution in [2.24, 2.45) is 0 Å². The van der Waals surface area contributed by atoms with Crippen molar-refractivity contribution < 1.29 is 18.3 Å². The third-order valence-electron chi connectivity index (χ3n) is 1.86. The normalized spacial score (nSPS) is 11.4. The van der Waals surface area contributed by atoms with Gasteiger partial charge in [0.05, 0.1) is 0 Å². The fourth-order valence-corrected chi connectivity index (χ4v) is 2.16.